The van der Waals surface area contributed by atoms with Crippen molar-refractivity contribution in [3.63, 3.8) is 0 Å². The molecule has 0 atom stereocenters. The van der Waals surface area contributed by atoms with Gasteiger partial charge in [-0.2, -0.15) is 0 Å². The molecular weight excluding hydrogens is 1140 g/mol. The van der Waals surface area contributed by atoms with Gasteiger partial charge in [0, 0.05) is 22.1 Å². The van der Waals surface area contributed by atoms with Gasteiger partial charge >= 0.3 is 183 Å². The average Bonchev–Trinajstić information content (AvgIpc) is 3.18. The van der Waals surface area contributed by atoms with Crippen LogP contribution in [-0.2, 0) is 60.7 Å². The summed E-state index contributed by atoms with van der Waals surface area (Å²) in [6.45, 7) is 0. The molecule has 25 nitrogen and oxygen atoms in total. The van der Waals surface area contributed by atoms with Crippen LogP contribution in [0, 0.1) is 0 Å². The molecule has 0 saturated heterocycles. The molecule has 0 aliphatic heterocycles. The number of urea groups is 1. The Morgan fingerprint density at radius 1 is 0.347 bits per heavy atom. The van der Waals surface area contributed by atoms with Gasteiger partial charge in [-0.1, -0.05) is 24.3 Å². The van der Waals surface area contributed by atoms with E-state index in [1.165, 1.54) is 0 Å². The van der Waals surface area contributed by atoms with Gasteiger partial charge in [0.15, 0.2) is 0 Å². The molecule has 0 spiro atoms. The third-order valence-electron chi connectivity index (χ3n) is 8.94. The van der Waals surface area contributed by atoms with Crippen LogP contribution < -0.4 is 199 Å². The monoisotopic (exact) mass is 1160 g/mol. The van der Waals surface area contributed by atoms with Crippen molar-refractivity contribution in [3.05, 3.63) is 108 Å². The van der Waals surface area contributed by atoms with Gasteiger partial charge in [-0.05, 0) is 83.6 Å². The van der Waals surface area contributed by atoms with Gasteiger partial charge in [0.2, 0.25) is 0 Å². The van der Waals surface area contributed by atoms with Crippen LogP contribution in [0.25, 0.3) is 21.5 Å². The van der Waals surface area contributed by atoms with E-state index in [9.17, 15) is 92.2 Å². The topological polar surface area (TPSA) is 443 Å². The Labute approximate surface area is 542 Å². The molecule has 0 fully saturated rings. The summed E-state index contributed by atoms with van der Waals surface area (Å²) in [6, 6.07) is 10.4. The van der Waals surface area contributed by atoms with Crippen LogP contribution in [0.1, 0.15) is 20.7 Å². The van der Waals surface area contributed by atoms with Crippen LogP contribution >= 0.6 is 0 Å². The normalized spacial score (nSPS) is 11.6. The van der Waals surface area contributed by atoms with E-state index in [0.29, 0.717) is 48.5 Å². The first-order valence-corrected chi connectivity index (χ1v) is 25.6. The Morgan fingerprint density at radius 2 is 0.653 bits per heavy atom. The third-order valence-corrected chi connectivity index (χ3v) is 14.1. The molecule has 0 saturated carbocycles. The fraction of sp³-hybridized carbons (Fsp3) is 0. The van der Waals surface area contributed by atoms with Gasteiger partial charge < -0.3 is 48.6 Å². The minimum absolute atomic E-state index is 0. The minimum atomic E-state index is -5.69. The average molecular weight is 1160 g/mol. The molecule has 0 unspecified atom stereocenters. The van der Waals surface area contributed by atoms with Crippen LogP contribution in [0.3, 0.4) is 0 Å². The van der Waals surface area contributed by atoms with E-state index in [0.717, 1.165) is 48.5 Å². The van der Waals surface area contributed by atoms with Crippen LogP contribution in [0.15, 0.2) is 126 Å². The SMILES string of the molecule is O=C(Nc1ccc(C(=O)Nc2cc(S(=O)(=O)[O-])cc3cccc(S(=O)(=O)[O-])c23)c(S(=O)(=O)[O-])c1)Nc1ccc(C(=O)Nc2cc(S(=O)(=O)[O-])cc3cccc(S(=O)(=O)[O-])c23)c(S(=O)(=O)[O-])c1.[Na+].[Na+].[Na+].[Na+].[Na+].[Na+]. The fourth-order valence-corrected chi connectivity index (χ4v) is 10.2. The van der Waals surface area contributed by atoms with Gasteiger partial charge in [-0.15, -0.1) is 0 Å². The first-order chi connectivity index (χ1) is 30.2. The fourth-order valence-electron chi connectivity index (χ4n) is 6.30. The van der Waals surface area contributed by atoms with Crippen molar-refractivity contribution in [3.8, 4) is 0 Å². The third kappa shape index (κ3) is 17.3. The number of carbonyl (C=O) groups excluding carboxylic acids is 3. The van der Waals surface area contributed by atoms with Crippen LogP contribution in [0.2, 0.25) is 0 Å². The predicted molar refractivity (Wildman–Crippen MR) is 217 cm³/mol. The Morgan fingerprint density at radius 3 is 0.931 bits per heavy atom. The van der Waals surface area contributed by atoms with Crippen molar-refractivity contribution in [2.24, 2.45) is 0 Å². The Kier molecular flexibility index (Phi) is 26.7. The zero-order valence-corrected chi connectivity index (χ0v) is 54.7. The summed E-state index contributed by atoms with van der Waals surface area (Å²) in [5, 5.41) is 6.07. The largest absolute Gasteiger partial charge is 1.00 e. The number of fused-ring (bicyclic) bond motifs is 2. The number of amides is 4. The molecule has 4 amide bonds. The molecule has 0 aliphatic rings. The van der Waals surface area contributed by atoms with Crippen molar-refractivity contribution in [2.45, 2.75) is 29.4 Å². The van der Waals surface area contributed by atoms with Crippen molar-refractivity contribution in [1.29, 1.82) is 0 Å². The van der Waals surface area contributed by atoms with Gasteiger partial charge in [-0.3, -0.25) is 9.59 Å². The number of benzene rings is 6. The van der Waals surface area contributed by atoms with E-state index in [1.807, 2.05) is 21.3 Å². The summed E-state index contributed by atoms with van der Waals surface area (Å²) < 4.78 is 217. The van der Waals surface area contributed by atoms with E-state index in [1.54, 1.807) is 0 Å². The summed E-state index contributed by atoms with van der Waals surface area (Å²) in [4.78, 5) is 33.1. The van der Waals surface area contributed by atoms with Crippen molar-refractivity contribution >= 4 is 123 Å². The molecule has 72 heavy (non-hydrogen) atoms. The molecule has 0 aliphatic carbocycles. The van der Waals surface area contributed by atoms with Crippen molar-refractivity contribution < 1.29 is 270 Å². The molecular formula is C35H20N4Na6O21S6. The van der Waals surface area contributed by atoms with Crippen molar-refractivity contribution in [1.82, 2.24) is 0 Å². The number of hydrogen-bond donors (Lipinski definition) is 4. The Hall–Kier alpha value is -0.490. The van der Waals surface area contributed by atoms with Crippen LogP contribution in [0.5, 0.6) is 0 Å². The molecule has 0 bridgehead atoms. The van der Waals surface area contributed by atoms with Gasteiger partial charge in [-0.25, -0.2) is 55.3 Å². The second-order valence-corrected chi connectivity index (χ2v) is 21.4. The molecule has 6 aromatic carbocycles. The number of rotatable bonds is 12. The summed E-state index contributed by atoms with van der Waals surface area (Å²) in [6.07, 6.45) is 0. The molecule has 0 heterocycles. The number of hydrogen-bond acceptors (Lipinski definition) is 21. The molecule has 6 aromatic rings. The standard InChI is InChI=1S/C35H26N4O21S6.6Na/c40-33(38-25-15-21(61(43,44)45)11-17-3-1-5-27(31(17)25)63(49,50)51)23-9-7-19(13-29(23)65(55,56)57)36-35(42)37-20-8-10-24(30(14-20)66(58,59)60)34(41)39-26-16-22(62(46,47)48)12-18-4-2-6-28(32(18)26)64(52,53)54;;;;;;/h1-16H,(H,38,40)(H,39,41)(H2,36,37,42)(H,43,44,45)(H,46,47,48)(H,49,50,51)(H,52,53,54)(H,55,56,57)(H,58,59,60);;;;;;/q;6*+1/p-6. The van der Waals surface area contributed by atoms with Gasteiger partial charge in [0.05, 0.1) is 51.9 Å². The van der Waals surface area contributed by atoms with Crippen LogP contribution in [-0.4, -0.2) is 95.7 Å². The van der Waals surface area contributed by atoms with E-state index >= 15 is 0 Å². The van der Waals surface area contributed by atoms with Gasteiger partial charge in [0.1, 0.15) is 60.7 Å². The maximum atomic E-state index is 13.4. The number of nitrogens with one attached hydrogen (secondary N) is 4. The Bertz CT molecular complexity index is 3610. The summed E-state index contributed by atoms with van der Waals surface area (Å²) in [5.74, 6) is -3.11. The molecule has 6 rings (SSSR count). The van der Waals surface area contributed by atoms with Crippen molar-refractivity contribution in [2.75, 3.05) is 21.3 Å². The molecule has 4 N–H and O–H groups in total. The molecule has 0 radical (unpaired) electrons. The van der Waals surface area contributed by atoms with E-state index in [-0.39, 0.29) is 188 Å². The van der Waals surface area contributed by atoms with E-state index in [4.69, 9.17) is 0 Å². The molecule has 0 aromatic heterocycles. The number of carbonyl (C=O) groups is 3. The maximum Gasteiger partial charge on any atom is 1.00 e. The first kappa shape index (κ1) is 71.5. The maximum absolute atomic E-state index is 13.4. The summed E-state index contributed by atoms with van der Waals surface area (Å²) >= 11 is 0. The number of anilines is 4. The minimum Gasteiger partial charge on any atom is -0.744 e. The second-order valence-electron chi connectivity index (χ2n) is 13.3. The quantitative estimate of drug-likeness (QED) is 0.0653. The molecule has 348 valence electrons. The summed E-state index contributed by atoms with van der Waals surface area (Å²) in [5.41, 5.74) is -4.79. The Balaban J connectivity index is 0.00000840. The molecule has 37 heteroatoms. The zero-order valence-electron chi connectivity index (χ0n) is 37.8. The van der Waals surface area contributed by atoms with E-state index < -0.39 is 153 Å². The first-order valence-electron chi connectivity index (χ1n) is 17.1. The van der Waals surface area contributed by atoms with Crippen LogP contribution in [0.4, 0.5) is 27.5 Å². The second kappa shape index (κ2) is 26.9. The zero-order chi connectivity index (χ0) is 49.1. The summed E-state index contributed by atoms with van der Waals surface area (Å²) in [7, 11) is -32.7. The van der Waals surface area contributed by atoms with Gasteiger partial charge in [0.25, 0.3) is 11.8 Å². The smallest absolute Gasteiger partial charge is 0.744 e. The van der Waals surface area contributed by atoms with E-state index in [2.05, 4.69) is 0 Å². The predicted octanol–water partition coefficient (Wildman–Crippen LogP) is -16.4.